The van der Waals surface area contributed by atoms with Gasteiger partial charge in [-0.15, -0.1) is 11.3 Å². The van der Waals surface area contributed by atoms with Gasteiger partial charge in [-0.1, -0.05) is 20.8 Å². The maximum atomic E-state index is 4.92. The molecular formula is C16H29N3S2. The Bertz CT molecular complexity index is 455. The third-order valence-corrected chi connectivity index (χ3v) is 5.96. The van der Waals surface area contributed by atoms with E-state index in [1.54, 1.807) is 0 Å². The Kier molecular flexibility index (Phi) is 5.60. The molecule has 1 aliphatic rings. The number of thioether (sulfide) groups is 1. The summed E-state index contributed by atoms with van der Waals surface area (Å²) >= 11 is 3.97. The van der Waals surface area contributed by atoms with E-state index >= 15 is 0 Å². The van der Waals surface area contributed by atoms with Gasteiger partial charge in [-0.2, -0.15) is 11.8 Å². The monoisotopic (exact) mass is 327 g/mol. The second-order valence-electron chi connectivity index (χ2n) is 6.99. The third kappa shape index (κ3) is 4.86. The van der Waals surface area contributed by atoms with Gasteiger partial charge in [0.05, 0.1) is 5.69 Å². The van der Waals surface area contributed by atoms with Crippen molar-refractivity contribution in [2.45, 2.75) is 70.5 Å². The molecule has 1 fully saturated rings. The number of hydrogen-bond donors (Lipinski definition) is 1. The number of anilines is 1. The Labute approximate surface area is 137 Å². The molecule has 0 radical (unpaired) electrons. The molecule has 5 heteroatoms. The van der Waals surface area contributed by atoms with Crippen LogP contribution in [0.4, 0.5) is 5.13 Å². The first kappa shape index (κ1) is 17.1. The fourth-order valence-electron chi connectivity index (χ4n) is 2.60. The van der Waals surface area contributed by atoms with Crippen molar-refractivity contribution in [3.05, 3.63) is 10.6 Å². The average molecular weight is 328 g/mol. The number of rotatable bonds is 4. The van der Waals surface area contributed by atoms with Crippen molar-refractivity contribution >= 4 is 28.2 Å². The molecule has 0 bridgehead atoms. The molecule has 1 N–H and O–H groups in total. The maximum Gasteiger partial charge on any atom is 0.185 e. The van der Waals surface area contributed by atoms with Crippen molar-refractivity contribution in [3.8, 4) is 0 Å². The summed E-state index contributed by atoms with van der Waals surface area (Å²) in [7, 11) is 0. The molecule has 0 amide bonds. The van der Waals surface area contributed by atoms with Crippen LogP contribution in [-0.2, 0) is 13.0 Å². The topological polar surface area (TPSA) is 28.2 Å². The summed E-state index contributed by atoms with van der Waals surface area (Å²) in [5.41, 5.74) is 1.42. The highest BCUT2D eigenvalue weighted by atomic mass is 32.2. The molecule has 0 spiro atoms. The van der Waals surface area contributed by atoms with E-state index in [0.717, 1.165) is 26.1 Å². The van der Waals surface area contributed by atoms with Crippen molar-refractivity contribution in [1.82, 2.24) is 10.3 Å². The Morgan fingerprint density at radius 3 is 2.38 bits per heavy atom. The summed E-state index contributed by atoms with van der Waals surface area (Å²) < 4.78 is 0. The smallest absolute Gasteiger partial charge is 0.185 e. The lowest BCUT2D eigenvalue weighted by Gasteiger charge is -2.34. The highest BCUT2D eigenvalue weighted by Crippen LogP contribution is 2.33. The highest BCUT2D eigenvalue weighted by molar-refractivity contribution is 8.00. The van der Waals surface area contributed by atoms with Gasteiger partial charge in [0.2, 0.25) is 0 Å². The fraction of sp³-hybridized carbons (Fsp3) is 0.812. The van der Waals surface area contributed by atoms with Crippen LogP contribution in [0.3, 0.4) is 0 Å². The van der Waals surface area contributed by atoms with Crippen LogP contribution in [-0.4, -0.2) is 34.1 Å². The van der Waals surface area contributed by atoms with Crippen molar-refractivity contribution < 1.29 is 0 Å². The summed E-state index contributed by atoms with van der Waals surface area (Å²) in [6.07, 6.45) is 1.02. The van der Waals surface area contributed by atoms with E-state index in [0.29, 0.717) is 10.5 Å². The summed E-state index contributed by atoms with van der Waals surface area (Å²) in [6, 6.07) is 0. The number of nitrogens with one attached hydrogen (secondary N) is 1. The highest BCUT2D eigenvalue weighted by Gasteiger charge is 2.25. The molecule has 2 heterocycles. The summed E-state index contributed by atoms with van der Waals surface area (Å²) in [6.45, 7) is 16.7. The minimum atomic E-state index is 0.153. The fourth-order valence-corrected chi connectivity index (χ4v) is 5.03. The minimum Gasteiger partial charge on any atom is -0.346 e. The molecule has 2 rings (SSSR count). The summed E-state index contributed by atoms with van der Waals surface area (Å²) in [5.74, 6) is 0. The largest absolute Gasteiger partial charge is 0.346 e. The molecule has 3 nitrogen and oxygen atoms in total. The van der Waals surface area contributed by atoms with Crippen molar-refractivity contribution in [2.24, 2.45) is 0 Å². The van der Waals surface area contributed by atoms with Gasteiger partial charge in [0.25, 0.3) is 0 Å². The summed E-state index contributed by atoms with van der Waals surface area (Å²) in [4.78, 5) is 8.80. The van der Waals surface area contributed by atoms with E-state index in [1.807, 2.05) is 11.3 Å². The molecule has 120 valence electrons. The molecule has 2 atom stereocenters. The SMILES string of the molecule is CCc1nc(N2CC(C)SC(C)C2)sc1CNC(C)(C)C. The first-order valence-electron chi connectivity index (χ1n) is 7.92. The molecule has 1 saturated heterocycles. The number of aromatic nitrogens is 1. The van der Waals surface area contributed by atoms with Crippen molar-refractivity contribution in [3.63, 3.8) is 0 Å². The van der Waals surface area contributed by atoms with Crippen LogP contribution >= 0.6 is 23.1 Å². The minimum absolute atomic E-state index is 0.153. The third-order valence-electron chi connectivity index (χ3n) is 3.57. The zero-order valence-electron chi connectivity index (χ0n) is 14.2. The van der Waals surface area contributed by atoms with Crippen molar-refractivity contribution in [1.29, 1.82) is 0 Å². The zero-order valence-corrected chi connectivity index (χ0v) is 15.8. The predicted molar refractivity (Wildman–Crippen MR) is 96.8 cm³/mol. The molecule has 0 aromatic carbocycles. The van der Waals surface area contributed by atoms with E-state index in [4.69, 9.17) is 4.98 Å². The molecule has 0 saturated carbocycles. The van der Waals surface area contributed by atoms with Crippen molar-refractivity contribution in [2.75, 3.05) is 18.0 Å². The van der Waals surface area contributed by atoms with E-state index in [-0.39, 0.29) is 5.54 Å². The van der Waals surface area contributed by atoms with Gasteiger partial charge in [0.1, 0.15) is 0 Å². The van der Waals surface area contributed by atoms with Crippen LogP contribution in [0.15, 0.2) is 0 Å². The lowest BCUT2D eigenvalue weighted by atomic mass is 10.1. The van der Waals surface area contributed by atoms with Crippen LogP contribution in [0.25, 0.3) is 0 Å². The van der Waals surface area contributed by atoms with Gasteiger partial charge in [-0.25, -0.2) is 4.98 Å². The van der Waals surface area contributed by atoms with E-state index in [2.05, 4.69) is 63.5 Å². The standard InChI is InChI=1S/C16H29N3S2/c1-7-13-14(8-17-16(4,5)6)21-15(18-13)19-9-11(2)20-12(3)10-19/h11-12,17H,7-10H2,1-6H3. The quantitative estimate of drug-likeness (QED) is 0.907. The molecule has 21 heavy (non-hydrogen) atoms. The number of thiazole rings is 1. The molecule has 1 aromatic heterocycles. The van der Waals surface area contributed by atoms with Crippen LogP contribution in [0, 0.1) is 0 Å². The zero-order chi connectivity index (χ0) is 15.6. The summed E-state index contributed by atoms with van der Waals surface area (Å²) in [5, 5.41) is 6.20. The van der Waals surface area contributed by atoms with Gasteiger partial charge >= 0.3 is 0 Å². The van der Waals surface area contributed by atoms with Crippen LogP contribution in [0.5, 0.6) is 0 Å². The van der Waals surface area contributed by atoms with Crippen LogP contribution < -0.4 is 10.2 Å². The van der Waals surface area contributed by atoms with E-state index in [9.17, 15) is 0 Å². The Morgan fingerprint density at radius 1 is 1.24 bits per heavy atom. The Morgan fingerprint density at radius 2 is 1.86 bits per heavy atom. The Hall–Kier alpha value is -0.260. The number of nitrogens with zero attached hydrogens (tertiary/aromatic N) is 2. The van der Waals surface area contributed by atoms with Gasteiger partial charge in [0, 0.05) is 40.6 Å². The first-order chi connectivity index (χ1) is 9.78. The number of aryl methyl sites for hydroxylation is 1. The van der Waals surface area contributed by atoms with E-state index < -0.39 is 0 Å². The lowest BCUT2D eigenvalue weighted by molar-refractivity contribution is 0.425. The van der Waals surface area contributed by atoms with Gasteiger partial charge in [-0.05, 0) is 27.2 Å². The second kappa shape index (κ2) is 6.88. The Balaban J connectivity index is 2.12. The normalized spacial score (nSPS) is 23.6. The van der Waals surface area contributed by atoms with Gasteiger partial charge in [0.15, 0.2) is 5.13 Å². The lowest BCUT2D eigenvalue weighted by Crippen LogP contribution is -2.40. The number of hydrogen-bond acceptors (Lipinski definition) is 5. The average Bonchev–Trinajstić information content (AvgIpc) is 2.77. The molecular weight excluding hydrogens is 298 g/mol. The maximum absolute atomic E-state index is 4.92. The van der Waals surface area contributed by atoms with E-state index in [1.165, 1.54) is 15.7 Å². The molecule has 2 unspecified atom stereocenters. The molecule has 1 aromatic rings. The second-order valence-corrected chi connectivity index (χ2v) is 9.93. The first-order valence-corrected chi connectivity index (χ1v) is 9.68. The predicted octanol–water partition coefficient (Wildman–Crippen LogP) is 3.92. The van der Waals surface area contributed by atoms with Crippen LogP contribution in [0.2, 0.25) is 0 Å². The molecule has 1 aliphatic heterocycles. The molecule has 0 aliphatic carbocycles. The van der Waals surface area contributed by atoms with Crippen LogP contribution in [0.1, 0.15) is 52.1 Å². The van der Waals surface area contributed by atoms with Gasteiger partial charge in [-0.3, -0.25) is 0 Å². The van der Waals surface area contributed by atoms with Gasteiger partial charge < -0.3 is 10.2 Å².